The standard InChI is InChI=1S/C17H17ClN2/c1-11-6-7-14(9-13(11)3)16-15(10-18)20-8-4-5-12(2)17(20)19-16/h4-9H,10H2,1-3H3. The summed E-state index contributed by atoms with van der Waals surface area (Å²) < 4.78 is 2.09. The minimum Gasteiger partial charge on any atom is -0.302 e. The number of nitrogens with zero attached hydrogens (tertiary/aromatic N) is 2. The van der Waals surface area contributed by atoms with Gasteiger partial charge in [0.1, 0.15) is 5.65 Å². The normalized spacial score (nSPS) is 11.2. The van der Waals surface area contributed by atoms with E-state index < -0.39 is 0 Å². The number of hydrogen-bond donors (Lipinski definition) is 0. The number of benzene rings is 1. The van der Waals surface area contributed by atoms with Crippen molar-refractivity contribution in [3.8, 4) is 11.3 Å². The van der Waals surface area contributed by atoms with Gasteiger partial charge in [-0.3, -0.25) is 0 Å². The highest BCUT2D eigenvalue weighted by molar-refractivity contribution is 6.17. The average Bonchev–Trinajstić information content (AvgIpc) is 2.82. The summed E-state index contributed by atoms with van der Waals surface area (Å²) in [7, 11) is 0. The molecule has 2 aromatic heterocycles. The van der Waals surface area contributed by atoms with Crippen molar-refractivity contribution in [2.75, 3.05) is 0 Å². The fourth-order valence-electron chi connectivity index (χ4n) is 2.50. The van der Waals surface area contributed by atoms with Gasteiger partial charge >= 0.3 is 0 Å². The molecule has 0 spiro atoms. The zero-order valence-corrected chi connectivity index (χ0v) is 12.7. The lowest BCUT2D eigenvalue weighted by atomic mass is 10.0. The maximum atomic E-state index is 6.16. The summed E-state index contributed by atoms with van der Waals surface area (Å²) in [4.78, 5) is 4.80. The molecule has 0 bridgehead atoms. The molecule has 0 unspecified atom stereocenters. The molecule has 3 heteroatoms. The van der Waals surface area contributed by atoms with Crippen molar-refractivity contribution in [2.45, 2.75) is 26.7 Å². The lowest BCUT2D eigenvalue weighted by Crippen LogP contribution is -1.92. The van der Waals surface area contributed by atoms with Gasteiger partial charge in [0.25, 0.3) is 0 Å². The van der Waals surface area contributed by atoms with Crippen LogP contribution >= 0.6 is 11.6 Å². The molecule has 0 atom stereocenters. The van der Waals surface area contributed by atoms with Crippen molar-refractivity contribution in [1.82, 2.24) is 9.38 Å². The van der Waals surface area contributed by atoms with Gasteiger partial charge in [-0.15, -0.1) is 11.6 Å². The number of pyridine rings is 1. The van der Waals surface area contributed by atoms with E-state index in [9.17, 15) is 0 Å². The Balaban J connectivity index is 2.30. The van der Waals surface area contributed by atoms with Gasteiger partial charge in [0.2, 0.25) is 0 Å². The van der Waals surface area contributed by atoms with Crippen LogP contribution in [0.2, 0.25) is 0 Å². The quantitative estimate of drug-likeness (QED) is 0.625. The van der Waals surface area contributed by atoms with Crippen molar-refractivity contribution in [2.24, 2.45) is 0 Å². The summed E-state index contributed by atoms with van der Waals surface area (Å²) in [5, 5.41) is 0. The van der Waals surface area contributed by atoms with Crippen molar-refractivity contribution in [1.29, 1.82) is 0 Å². The minimum absolute atomic E-state index is 0.451. The first kappa shape index (κ1) is 13.2. The van der Waals surface area contributed by atoms with Crippen molar-refractivity contribution in [3.63, 3.8) is 0 Å². The first-order valence-corrected chi connectivity index (χ1v) is 7.25. The number of aromatic nitrogens is 2. The predicted molar refractivity (Wildman–Crippen MR) is 84.4 cm³/mol. The molecule has 0 amide bonds. The smallest absolute Gasteiger partial charge is 0.140 e. The monoisotopic (exact) mass is 284 g/mol. The Bertz CT molecular complexity index is 787. The predicted octanol–water partition coefficient (Wildman–Crippen LogP) is 4.67. The summed E-state index contributed by atoms with van der Waals surface area (Å²) in [6.45, 7) is 6.32. The molecule has 2 nitrogen and oxygen atoms in total. The van der Waals surface area contributed by atoms with E-state index in [1.54, 1.807) is 0 Å². The SMILES string of the molecule is Cc1ccc(-c2nc3c(C)cccn3c2CCl)cc1C. The van der Waals surface area contributed by atoms with Crippen LogP contribution < -0.4 is 0 Å². The first-order chi connectivity index (χ1) is 9.61. The minimum atomic E-state index is 0.451. The number of halogens is 1. The summed E-state index contributed by atoms with van der Waals surface area (Å²) in [5.41, 5.74) is 7.88. The third-order valence-electron chi connectivity index (χ3n) is 3.85. The summed E-state index contributed by atoms with van der Waals surface area (Å²) in [6, 6.07) is 10.5. The van der Waals surface area contributed by atoms with Crippen molar-refractivity contribution < 1.29 is 0 Å². The molecular formula is C17H17ClN2. The first-order valence-electron chi connectivity index (χ1n) is 6.72. The van der Waals surface area contributed by atoms with Gasteiger partial charge in [0, 0.05) is 11.8 Å². The molecular weight excluding hydrogens is 268 g/mol. The molecule has 3 rings (SSSR count). The van der Waals surface area contributed by atoms with Crippen LogP contribution in [0, 0.1) is 20.8 Å². The van der Waals surface area contributed by atoms with Crippen LogP contribution in [0.25, 0.3) is 16.9 Å². The number of aryl methyl sites for hydroxylation is 3. The van der Waals surface area contributed by atoms with Crippen LogP contribution in [0.15, 0.2) is 36.5 Å². The van der Waals surface area contributed by atoms with E-state index in [2.05, 4.69) is 49.4 Å². The van der Waals surface area contributed by atoms with E-state index in [0.29, 0.717) is 5.88 Å². The number of hydrogen-bond acceptors (Lipinski definition) is 1. The van der Waals surface area contributed by atoms with Crippen LogP contribution in [0.3, 0.4) is 0 Å². The van der Waals surface area contributed by atoms with Crippen LogP contribution in [-0.2, 0) is 5.88 Å². The summed E-state index contributed by atoms with van der Waals surface area (Å²) >= 11 is 6.16. The van der Waals surface area contributed by atoms with Gasteiger partial charge in [-0.25, -0.2) is 4.98 Å². The maximum Gasteiger partial charge on any atom is 0.140 e. The zero-order chi connectivity index (χ0) is 14.3. The van der Waals surface area contributed by atoms with Gasteiger partial charge in [0.05, 0.1) is 17.3 Å². The zero-order valence-electron chi connectivity index (χ0n) is 11.9. The highest BCUT2D eigenvalue weighted by atomic mass is 35.5. The molecule has 1 aromatic carbocycles. The lowest BCUT2D eigenvalue weighted by Gasteiger charge is -2.05. The Morgan fingerprint density at radius 2 is 1.85 bits per heavy atom. The number of imidazole rings is 1. The number of alkyl halides is 1. The Hall–Kier alpha value is -1.80. The molecule has 0 fully saturated rings. The lowest BCUT2D eigenvalue weighted by molar-refractivity contribution is 1.08. The van der Waals surface area contributed by atoms with E-state index in [1.807, 2.05) is 12.3 Å². The van der Waals surface area contributed by atoms with E-state index in [4.69, 9.17) is 16.6 Å². The highest BCUT2D eigenvalue weighted by Crippen LogP contribution is 2.28. The molecule has 20 heavy (non-hydrogen) atoms. The molecule has 102 valence electrons. The Labute approximate surface area is 124 Å². The second-order valence-corrected chi connectivity index (χ2v) is 5.49. The van der Waals surface area contributed by atoms with Gasteiger partial charge in [-0.1, -0.05) is 18.2 Å². The molecule has 0 radical (unpaired) electrons. The van der Waals surface area contributed by atoms with Crippen LogP contribution in [0.4, 0.5) is 0 Å². The van der Waals surface area contributed by atoms with Crippen molar-refractivity contribution in [3.05, 3.63) is 58.9 Å². The summed E-state index contributed by atoms with van der Waals surface area (Å²) in [5.74, 6) is 0.451. The van der Waals surface area contributed by atoms with Gasteiger partial charge in [0.15, 0.2) is 0 Å². The van der Waals surface area contributed by atoms with Crippen LogP contribution in [-0.4, -0.2) is 9.38 Å². The van der Waals surface area contributed by atoms with Crippen LogP contribution in [0.1, 0.15) is 22.4 Å². The fourth-order valence-corrected chi connectivity index (χ4v) is 2.76. The van der Waals surface area contributed by atoms with Crippen LogP contribution in [0.5, 0.6) is 0 Å². The molecule has 0 aliphatic rings. The van der Waals surface area contributed by atoms with E-state index in [-0.39, 0.29) is 0 Å². The third-order valence-corrected chi connectivity index (χ3v) is 4.10. The Morgan fingerprint density at radius 1 is 1.05 bits per heavy atom. The Kier molecular flexibility index (Phi) is 3.27. The molecule has 0 saturated carbocycles. The third kappa shape index (κ3) is 2.01. The van der Waals surface area contributed by atoms with Gasteiger partial charge in [-0.2, -0.15) is 0 Å². The van der Waals surface area contributed by atoms with Gasteiger partial charge in [-0.05, 0) is 49.6 Å². The molecule has 3 aromatic rings. The highest BCUT2D eigenvalue weighted by Gasteiger charge is 2.14. The fraction of sp³-hybridized carbons (Fsp3) is 0.235. The number of fused-ring (bicyclic) bond motifs is 1. The molecule has 0 N–H and O–H groups in total. The maximum absolute atomic E-state index is 6.16. The average molecular weight is 285 g/mol. The molecule has 0 aliphatic carbocycles. The second-order valence-electron chi connectivity index (χ2n) is 5.22. The molecule has 0 saturated heterocycles. The number of rotatable bonds is 2. The van der Waals surface area contributed by atoms with Gasteiger partial charge < -0.3 is 4.40 Å². The van der Waals surface area contributed by atoms with E-state index in [1.165, 1.54) is 11.1 Å². The summed E-state index contributed by atoms with van der Waals surface area (Å²) in [6.07, 6.45) is 2.03. The largest absolute Gasteiger partial charge is 0.302 e. The van der Waals surface area contributed by atoms with E-state index >= 15 is 0 Å². The van der Waals surface area contributed by atoms with Crippen molar-refractivity contribution >= 4 is 17.2 Å². The molecule has 0 aliphatic heterocycles. The van der Waals surface area contributed by atoms with E-state index in [0.717, 1.165) is 28.2 Å². The topological polar surface area (TPSA) is 17.3 Å². The molecule has 2 heterocycles. The Morgan fingerprint density at radius 3 is 2.55 bits per heavy atom. The second kappa shape index (κ2) is 4.95.